The second-order valence-electron chi connectivity index (χ2n) is 4.97. The highest BCUT2D eigenvalue weighted by molar-refractivity contribution is 9.10. The minimum atomic E-state index is -0.235. The van der Waals surface area contributed by atoms with Gasteiger partial charge in [0, 0.05) is 15.5 Å². The van der Waals surface area contributed by atoms with Gasteiger partial charge in [-0.05, 0) is 48.7 Å². The predicted octanol–water partition coefficient (Wildman–Crippen LogP) is 5.53. The second-order valence-corrected chi connectivity index (χ2v) is 6.23. The molecule has 21 heavy (non-hydrogen) atoms. The van der Waals surface area contributed by atoms with Crippen molar-refractivity contribution >= 4 is 27.5 Å². The van der Waals surface area contributed by atoms with Gasteiger partial charge in [-0.3, -0.25) is 0 Å². The van der Waals surface area contributed by atoms with Crippen LogP contribution >= 0.6 is 27.5 Å². The molecule has 2 rings (SSSR count). The molecular weight excluding hydrogens is 353 g/mol. The molecule has 2 aromatic carbocycles. The lowest BCUT2D eigenvalue weighted by atomic mass is 9.98. The van der Waals surface area contributed by atoms with Crippen LogP contribution in [0.15, 0.2) is 46.9 Å². The van der Waals surface area contributed by atoms with E-state index < -0.39 is 0 Å². The Bertz CT molecular complexity index is 603. The van der Waals surface area contributed by atoms with Gasteiger partial charge in [-0.2, -0.15) is 0 Å². The molecule has 0 saturated heterocycles. The van der Waals surface area contributed by atoms with Crippen molar-refractivity contribution in [3.05, 3.63) is 68.9 Å². The van der Waals surface area contributed by atoms with Crippen LogP contribution in [0.25, 0.3) is 0 Å². The summed E-state index contributed by atoms with van der Waals surface area (Å²) in [6, 6.07) is 12.8. The van der Waals surface area contributed by atoms with Crippen molar-refractivity contribution in [2.75, 3.05) is 6.54 Å². The van der Waals surface area contributed by atoms with Crippen LogP contribution in [0.1, 0.15) is 30.5 Å². The molecule has 2 aromatic rings. The summed E-state index contributed by atoms with van der Waals surface area (Å²) in [4.78, 5) is 0. The quantitative estimate of drug-likeness (QED) is 0.705. The van der Waals surface area contributed by atoms with E-state index in [0.717, 1.165) is 40.0 Å². The molecule has 0 fully saturated rings. The summed E-state index contributed by atoms with van der Waals surface area (Å²) in [5, 5.41) is 4.27. The molecule has 0 saturated carbocycles. The Kier molecular flexibility index (Phi) is 6.22. The van der Waals surface area contributed by atoms with E-state index in [4.69, 9.17) is 11.6 Å². The van der Waals surface area contributed by atoms with Crippen LogP contribution < -0.4 is 5.32 Å². The zero-order valence-electron chi connectivity index (χ0n) is 11.9. The summed E-state index contributed by atoms with van der Waals surface area (Å²) in [6.45, 7) is 3.04. The minimum absolute atomic E-state index is 0.111. The Morgan fingerprint density at radius 3 is 2.67 bits per heavy atom. The van der Waals surface area contributed by atoms with Gasteiger partial charge in [0.25, 0.3) is 0 Å². The fourth-order valence-electron chi connectivity index (χ4n) is 2.28. The molecule has 0 spiro atoms. The van der Waals surface area contributed by atoms with E-state index in [1.165, 1.54) is 12.1 Å². The average Bonchev–Trinajstić information content (AvgIpc) is 2.46. The van der Waals surface area contributed by atoms with Gasteiger partial charge in [0.2, 0.25) is 0 Å². The SMILES string of the molecule is CCCNC(Cc1ccc(F)cc1Br)c1ccccc1Cl. The van der Waals surface area contributed by atoms with E-state index in [2.05, 4.69) is 28.2 Å². The standard InChI is InChI=1S/C17H18BrClFN/c1-2-9-21-17(14-5-3-4-6-16(14)19)10-12-7-8-13(20)11-15(12)18/h3-8,11,17,21H,2,9-10H2,1H3. The average molecular weight is 371 g/mol. The zero-order valence-corrected chi connectivity index (χ0v) is 14.2. The van der Waals surface area contributed by atoms with E-state index in [-0.39, 0.29) is 11.9 Å². The Labute approximate surface area is 138 Å². The van der Waals surface area contributed by atoms with Crippen molar-refractivity contribution in [2.45, 2.75) is 25.8 Å². The molecule has 1 nitrogen and oxygen atoms in total. The maximum atomic E-state index is 13.2. The van der Waals surface area contributed by atoms with E-state index in [0.29, 0.717) is 0 Å². The van der Waals surface area contributed by atoms with Crippen molar-refractivity contribution in [3.63, 3.8) is 0 Å². The molecule has 0 aliphatic carbocycles. The Morgan fingerprint density at radius 1 is 1.24 bits per heavy atom. The molecule has 1 unspecified atom stereocenters. The van der Waals surface area contributed by atoms with Gasteiger partial charge in [-0.15, -0.1) is 0 Å². The topological polar surface area (TPSA) is 12.0 Å². The molecule has 4 heteroatoms. The number of hydrogen-bond acceptors (Lipinski definition) is 1. The van der Waals surface area contributed by atoms with Gasteiger partial charge < -0.3 is 5.32 Å². The van der Waals surface area contributed by atoms with E-state index in [9.17, 15) is 4.39 Å². The third-order valence-electron chi connectivity index (χ3n) is 3.36. The van der Waals surface area contributed by atoms with Crippen molar-refractivity contribution in [1.82, 2.24) is 5.32 Å². The van der Waals surface area contributed by atoms with Gasteiger partial charge in [-0.1, -0.05) is 58.7 Å². The molecule has 0 aliphatic heterocycles. The van der Waals surface area contributed by atoms with Crippen LogP contribution in [0.3, 0.4) is 0 Å². The normalized spacial score (nSPS) is 12.4. The van der Waals surface area contributed by atoms with Crippen LogP contribution in [0.4, 0.5) is 4.39 Å². The number of rotatable bonds is 6. The summed E-state index contributed by atoms with van der Waals surface area (Å²) < 4.78 is 14.0. The highest BCUT2D eigenvalue weighted by Gasteiger charge is 2.16. The highest BCUT2D eigenvalue weighted by atomic mass is 79.9. The summed E-state index contributed by atoms with van der Waals surface area (Å²) >= 11 is 9.75. The Morgan fingerprint density at radius 2 is 2.00 bits per heavy atom. The summed E-state index contributed by atoms with van der Waals surface area (Å²) in [5.74, 6) is -0.235. The summed E-state index contributed by atoms with van der Waals surface area (Å²) in [6.07, 6.45) is 1.80. The number of benzene rings is 2. The molecule has 0 aromatic heterocycles. The van der Waals surface area contributed by atoms with Crippen molar-refractivity contribution < 1.29 is 4.39 Å². The molecule has 0 heterocycles. The summed E-state index contributed by atoms with van der Waals surface area (Å²) in [7, 11) is 0. The maximum absolute atomic E-state index is 13.2. The lowest BCUT2D eigenvalue weighted by Gasteiger charge is -2.21. The third-order valence-corrected chi connectivity index (χ3v) is 4.44. The second kappa shape index (κ2) is 7.92. The van der Waals surface area contributed by atoms with Crippen LogP contribution in [0, 0.1) is 5.82 Å². The first-order chi connectivity index (χ1) is 10.1. The molecular formula is C17H18BrClFN. The maximum Gasteiger partial charge on any atom is 0.124 e. The molecule has 1 atom stereocenters. The van der Waals surface area contributed by atoms with Crippen LogP contribution in [-0.4, -0.2) is 6.54 Å². The molecule has 0 amide bonds. The number of halogens is 3. The third kappa shape index (κ3) is 4.53. The number of hydrogen-bond donors (Lipinski definition) is 1. The van der Waals surface area contributed by atoms with E-state index >= 15 is 0 Å². The molecule has 0 bridgehead atoms. The van der Waals surface area contributed by atoms with Gasteiger partial charge in [0.1, 0.15) is 5.82 Å². The molecule has 1 N–H and O–H groups in total. The lowest BCUT2D eigenvalue weighted by molar-refractivity contribution is 0.528. The largest absolute Gasteiger partial charge is 0.310 e. The molecule has 0 aliphatic rings. The highest BCUT2D eigenvalue weighted by Crippen LogP contribution is 2.28. The van der Waals surface area contributed by atoms with Crippen LogP contribution in [0.2, 0.25) is 5.02 Å². The van der Waals surface area contributed by atoms with Crippen LogP contribution in [-0.2, 0) is 6.42 Å². The van der Waals surface area contributed by atoms with E-state index in [1.807, 2.05) is 30.3 Å². The van der Waals surface area contributed by atoms with Gasteiger partial charge in [-0.25, -0.2) is 4.39 Å². The Balaban J connectivity index is 2.26. The van der Waals surface area contributed by atoms with Gasteiger partial charge >= 0.3 is 0 Å². The molecule has 0 radical (unpaired) electrons. The lowest BCUT2D eigenvalue weighted by Crippen LogP contribution is -2.24. The van der Waals surface area contributed by atoms with Crippen molar-refractivity contribution in [2.24, 2.45) is 0 Å². The molecule has 112 valence electrons. The first-order valence-corrected chi connectivity index (χ1v) is 8.20. The van der Waals surface area contributed by atoms with Gasteiger partial charge in [0.15, 0.2) is 0 Å². The van der Waals surface area contributed by atoms with Crippen molar-refractivity contribution in [1.29, 1.82) is 0 Å². The van der Waals surface area contributed by atoms with Gasteiger partial charge in [0.05, 0.1) is 0 Å². The van der Waals surface area contributed by atoms with Crippen molar-refractivity contribution in [3.8, 4) is 0 Å². The first kappa shape index (κ1) is 16.5. The monoisotopic (exact) mass is 369 g/mol. The Hall–Kier alpha value is -0.900. The smallest absolute Gasteiger partial charge is 0.124 e. The van der Waals surface area contributed by atoms with E-state index in [1.54, 1.807) is 0 Å². The summed E-state index contributed by atoms with van der Waals surface area (Å²) in [5.41, 5.74) is 2.13. The predicted molar refractivity (Wildman–Crippen MR) is 90.3 cm³/mol. The first-order valence-electron chi connectivity index (χ1n) is 7.03. The fourth-order valence-corrected chi connectivity index (χ4v) is 3.06. The van der Waals surface area contributed by atoms with Crippen LogP contribution in [0.5, 0.6) is 0 Å². The zero-order chi connectivity index (χ0) is 15.2. The number of nitrogens with one attached hydrogen (secondary N) is 1. The fraction of sp³-hybridized carbons (Fsp3) is 0.294. The minimum Gasteiger partial charge on any atom is -0.310 e.